The van der Waals surface area contributed by atoms with Gasteiger partial charge in [-0.15, -0.1) is 0 Å². The number of nitrogens with two attached hydrogens (primary N) is 1. The van der Waals surface area contributed by atoms with Crippen LogP contribution in [0.25, 0.3) is 0 Å². The van der Waals surface area contributed by atoms with Gasteiger partial charge in [0.15, 0.2) is 0 Å². The third kappa shape index (κ3) is 4.10. The van der Waals surface area contributed by atoms with E-state index in [9.17, 15) is 0 Å². The summed E-state index contributed by atoms with van der Waals surface area (Å²) in [5.74, 6) is 0. The lowest BCUT2D eigenvalue weighted by atomic mass is 10.2. The summed E-state index contributed by atoms with van der Waals surface area (Å²) in [6.45, 7) is 8.31. The molecule has 0 aromatic carbocycles. The van der Waals surface area contributed by atoms with Crippen LogP contribution in [-0.4, -0.2) is 6.54 Å². The molecule has 0 radical (unpaired) electrons. The minimum atomic E-state index is 0.537. The molecule has 1 nitrogen and oxygen atoms in total. The number of hydrogen-bond acceptors (Lipinski definition) is 1. The molecule has 0 aromatic heterocycles. The molecule has 0 aliphatic carbocycles. The van der Waals surface area contributed by atoms with Gasteiger partial charge in [0.2, 0.25) is 0 Å². The monoisotopic (exact) mass is 137 g/mol. The van der Waals surface area contributed by atoms with Gasteiger partial charge in [-0.3, -0.25) is 0 Å². The van der Waals surface area contributed by atoms with Crippen molar-refractivity contribution in [1.29, 1.82) is 0 Å². The molecule has 0 saturated carbocycles. The zero-order valence-electron chi connectivity index (χ0n) is 6.72. The predicted octanol–water partition coefficient (Wildman–Crippen LogP) is 2.02. The largest absolute Gasteiger partial charge is 0.327 e. The van der Waals surface area contributed by atoms with Gasteiger partial charge in [-0.25, -0.2) is 0 Å². The highest BCUT2D eigenvalue weighted by atomic mass is 14.5. The highest BCUT2D eigenvalue weighted by Gasteiger charge is 1.83. The standard InChI is InChI=1S/C9H15N/c1-4-5-8(2)6-9(3)7-10/h4-6H,3,7,10H2,1-2H3/b5-4-,8-6+. The van der Waals surface area contributed by atoms with Gasteiger partial charge < -0.3 is 5.73 Å². The predicted molar refractivity (Wildman–Crippen MR) is 46.8 cm³/mol. The summed E-state index contributed by atoms with van der Waals surface area (Å²) in [6, 6.07) is 0. The zero-order valence-corrected chi connectivity index (χ0v) is 6.72. The normalized spacial score (nSPS) is 12.5. The lowest BCUT2D eigenvalue weighted by Gasteiger charge is -1.93. The molecule has 2 N–H and O–H groups in total. The summed E-state index contributed by atoms with van der Waals surface area (Å²) >= 11 is 0. The molecule has 0 amide bonds. The Morgan fingerprint density at radius 2 is 2.20 bits per heavy atom. The summed E-state index contributed by atoms with van der Waals surface area (Å²) in [6.07, 6.45) is 6.01. The van der Waals surface area contributed by atoms with Crippen molar-refractivity contribution in [2.75, 3.05) is 6.54 Å². The van der Waals surface area contributed by atoms with Gasteiger partial charge in [-0.05, 0) is 19.4 Å². The fraction of sp³-hybridized carbons (Fsp3) is 0.333. The van der Waals surface area contributed by atoms with Crippen molar-refractivity contribution in [3.63, 3.8) is 0 Å². The van der Waals surface area contributed by atoms with E-state index in [0.29, 0.717) is 6.54 Å². The Hall–Kier alpha value is -0.820. The van der Waals surface area contributed by atoms with Crippen LogP contribution in [0.5, 0.6) is 0 Å². The lowest BCUT2D eigenvalue weighted by molar-refractivity contribution is 1.19. The second-order valence-electron chi connectivity index (χ2n) is 2.25. The van der Waals surface area contributed by atoms with Crippen LogP contribution in [0, 0.1) is 0 Å². The Morgan fingerprint density at radius 1 is 1.60 bits per heavy atom. The van der Waals surface area contributed by atoms with Crippen LogP contribution in [0.15, 0.2) is 36.0 Å². The van der Waals surface area contributed by atoms with Crippen LogP contribution in [0.1, 0.15) is 13.8 Å². The van der Waals surface area contributed by atoms with Crippen molar-refractivity contribution in [1.82, 2.24) is 0 Å². The molecular formula is C9H15N. The van der Waals surface area contributed by atoms with Gasteiger partial charge in [0.25, 0.3) is 0 Å². The first-order valence-corrected chi connectivity index (χ1v) is 3.39. The fourth-order valence-corrected chi connectivity index (χ4v) is 0.692. The van der Waals surface area contributed by atoms with Crippen molar-refractivity contribution >= 4 is 0 Å². The molecule has 0 aromatic rings. The van der Waals surface area contributed by atoms with Gasteiger partial charge in [-0.2, -0.15) is 0 Å². The maximum absolute atomic E-state index is 5.35. The topological polar surface area (TPSA) is 26.0 Å². The van der Waals surface area contributed by atoms with Crippen LogP contribution >= 0.6 is 0 Å². The van der Waals surface area contributed by atoms with E-state index in [2.05, 4.69) is 6.58 Å². The van der Waals surface area contributed by atoms with Crippen molar-refractivity contribution in [2.24, 2.45) is 5.73 Å². The summed E-state index contributed by atoms with van der Waals surface area (Å²) in [5, 5.41) is 0. The molecule has 0 aliphatic rings. The van der Waals surface area contributed by atoms with Crippen LogP contribution in [0.2, 0.25) is 0 Å². The summed E-state index contributed by atoms with van der Waals surface area (Å²) in [4.78, 5) is 0. The van der Waals surface area contributed by atoms with Gasteiger partial charge in [0.05, 0.1) is 0 Å². The summed E-state index contributed by atoms with van der Waals surface area (Å²) in [7, 11) is 0. The molecule has 0 bridgehead atoms. The average molecular weight is 137 g/mol. The molecule has 0 unspecified atom stereocenters. The smallest absolute Gasteiger partial charge is 0.0172 e. The van der Waals surface area contributed by atoms with Gasteiger partial charge in [0.1, 0.15) is 0 Å². The summed E-state index contributed by atoms with van der Waals surface area (Å²) < 4.78 is 0. The number of hydrogen-bond donors (Lipinski definition) is 1. The Morgan fingerprint density at radius 3 is 2.60 bits per heavy atom. The summed E-state index contributed by atoms with van der Waals surface area (Å²) in [5.41, 5.74) is 7.51. The van der Waals surface area contributed by atoms with Crippen LogP contribution in [-0.2, 0) is 0 Å². The Balaban J connectivity index is 4.02. The third-order valence-electron chi connectivity index (χ3n) is 1.12. The van der Waals surface area contributed by atoms with Crippen molar-refractivity contribution in [3.8, 4) is 0 Å². The third-order valence-corrected chi connectivity index (χ3v) is 1.12. The molecule has 0 spiro atoms. The van der Waals surface area contributed by atoms with E-state index in [0.717, 1.165) is 5.57 Å². The second-order valence-corrected chi connectivity index (χ2v) is 2.25. The second kappa shape index (κ2) is 5.00. The molecule has 0 fully saturated rings. The minimum Gasteiger partial charge on any atom is -0.327 e. The van der Waals surface area contributed by atoms with Crippen LogP contribution < -0.4 is 5.73 Å². The van der Waals surface area contributed by atoms with E-state index in [1.165, 1.54) is 5.57 Å². The highest BCUT2D eigenvalue weighted by Crippen LogP contribution is 1.99. The fourth-order valence-electron chi connectivity index (χ4n) is 0.692. The molecule has 0 saturated heterocycles. The molecule has 1 heteroatoms. The van der Waals surface area contributed by atoms with E-state index in [4.69, 9.17) is 5.73 Å². The highest BCUT2D eigenvalue weighted by molar-refractivity contribution is 5.27. The molecule has 56 valence electrons. The van der Waals surface area contributed by atoms with Gasteiger partial charge in [0, 0.05) is 6.54 Å². The van der Waals surface area contributed by atoms with E-state index >= 15 is 0 Å². The maximum atomic E-state index is 5.35. The SMILES string of the molecule is C=C(/C=C(C)/C=C\C)CN. The molecular weight excluding hydrogens is 122 g/mol. The Bertz CT molecular complexity index is 164. The lowest BCUT2D eigenvalue weighted by Crippen LogP contribution is -1.99. The zero-order chi connectivity index (χ0) is 7.98. The van der Waals surface area contributed by atoms with Crippen LogP contribution in [0.4, 0.5) is 0 Å². The van der Waals surface area contributed by atoms with Gasteiger partial charge in [-0.1, -0.05) is 30.4 Å². The van der Waals surface area contributed by atoms with E-state index in [-0.39, 0.29) is 0 Å². The average Bonchev–Trinajstić information content (AvgIpc) is 1.88. The quantitative estimate of drug-likeness (QED) is 0.592. The Kier molecular flexibility index (Phi) is 4.59. The first-order valence-electron chi connectivity index (χ1n) is 3.39. The van der Waals surface area contributed by atoms with E-state index in [1.807, 2.05) is 32.1 Å². The molecule has 0 rings (SSSR count). The molecule has 0 atom stereocenters. The van der Waals surface area contributed by atoms with Crippen molar-refractivity contribution in [3.05, 3.63) is 36.0 Å². The minimum absolute atomic E-state index is 0.537. The number of allylic oxidation sites excluding steroid dienone is 3. The first kappa shape index (κ1) is 9.18. The molecule has 0 aliphatic heterocycles. The van der Waals surface area contributed by atoms with E-state index in [1.54, 1.807) is 0 Å². The maximum Gasteiger partial charge on any atom is 0.0172 e. The van der Waals surface area contributed by atoms with Crippen LogP contribution in [0.3, 0.4) is 0 Å². The first-order chi connectivity index (χ1) is 4.70. The molecule has 10 heavy (non-hydrogen) atoms. The number of rotatable bonds is 3. The Labute approximate surface area is 62.9 Å². The molecule has 0 heterocycles. The van der Waals surface area contributed by atoms with Crippen molar-refractivity contribution in [2.45, 2.75) is 13.8 Å². The van der Waals surface area contributed by atoms with Gasteiger partial charge >= 0.3 is 0 Å². The van der Waals surface area contributed by atoms with E-state index < -0.39 is 0 Å². The van der Waals surface area contributed by atoms with Crippen molar-refractivity contribution < 1.29 is 0 Å².